The highest BCUT2D eigenvalue weighted by Gasteiger charge is 2.78. The standard InChI is InChI=1S/C76H116IN3O26S3/c1-15-80(24-17-25-93-27-29-95-31-33-97-35-36-98-34-32-96-30-28-94-26-23-78)51-42-99-56(40-55(51)89-11)104-68-63(85)61(46(5)101-73(68)103-54-19-16-18-43(2)20-22-75-50(38-44(3)81)53(83)41-76(75,88)49(59(54)75)21-37-107-109-74(8,9)10)79-106-57-39-52(82)70(48(7)100-57)108-71(87)58-45(4)60(77)66(69(92-14)65(58)90-12)105-72-64(86)67(91-13)62(84)47(6)102-72/h18,21,46-48,50-52,54-57,59,61-64,67-68,70,72-73,79,82,84-86,88H,15,17,23-42,78H2,1-14H3/b43-18-,49-21+/t46-,47+,48-,50?,51+,52+,54+,55+,56+,57+,59?,61-,62+,63+,64-,67-,68-,70-,72+,73+,75?,76+/m1/s1. The molecule has 1 spiro atoms. The highest BCUT2D eigenvalue weighted by atomic mass is 127. The Morgan fingerprint density at radius 2 is 1.42 bits per heavy atom. The number of nitrogens with zero attached hydrogens (tertiary/aromatic N) is 1. The number of aliphatic hydroxyl groups is 5. The van der Waals surface area contributed by atoms with Crippen LogP contribution >= 0.6 is 55.9 Å². The number of likely N-dealkylation sites (N-methyl/N-ethyl adjacent to an activating group) is 1. The van der Waals surface area contributed by atoms with Gasteiger partial charge in [0.2, 0.25) is 17.2 Å². The molecule has 4 saturated heterocycles. The van der Waals surface area contributed by atoms with Crippen LogP contribution in [0.4, 0.5) is 0 Å². The average molecular weight is 1710 g/mol. The van der Waals surface area contributed by atoms with E-state index in [1.54, 1.807) is 69.4 Å². The Kier molecular flexibility index (Phi) is 36.9. The van der Waals surface area contributed by atoms with Crippen molar-refractivity contribution in [1.29, 1.82) is 0 Å². The van der Waals surface area contributed by atoms with Crippen LogP contribution in [0.3, 0.4) is 0 Å². The molecule has 7 aliphatic rings. The van der Waals surface area contributed by atoms with Crippen LogP contribution < -0.4 is 25.4 Å². The second kappa shape index (κ2) is 43.9. The van der Waals surface area contributed by atoms with Crippen molar-refractivity contribution in [3.63, 3.8) is 0 Å². The molecule has 2 saturated carbocycles. The minimum atomic E-state index is -1.77. The number of hydrogen-bond donors (Lipinski definition) is 7. The minimum absolute atomic E-state index is 0.0291. The van der Waals surface area contributed by atoms with Gasteiger partial charge in [-0.25, -0.2) is 0 Å². The third-order valence-corrected chi connectivity index (χ3v) is 26.1. The van der Waals surface area contributed by atoms with Crippen molar-refractivity contribution < 1.29 is 125 Å². The van der Waals surface area contributed by atoms with Crippen molar-refractivity contribution in [3.05, 3.63) is 38.0 Å². The Labute approximate surface area is 667 Å². The van der Waals surface area contributed by atoms with E-state index in [-0.39, 0.29) is 77.5 Å². The van der Waals surface area contributed by atoms with Crippen LogP contribution in [0.15, 0.2) is 23.3 Å². The highest BCUT2D eigenvalue weighted by molar-refractivity contribution is 14.1. The van der Waals surface area contributed by atoms with Crippen LogP contribution in [-0.4, -0.2) is 307 Å². The molecule has 0 radical (unpaired) electrons. The Morgan fingerprint density at radius 3 is 2.01 bits per heavy atom. The smallest absolute Gasteiger partial charge is 0.229 e. The number of methoxy groups -OCH3 is 4. The number of rotatable bonds is 43. The molecule has 0 aromatic heterocycles. The zero-order chi connectivity index (χ0) is 79.3. The van der Waals surface area contributed by atoms with Gasteiger partial charge in [0.25, 0.3) is 0 Å². The number of thioether (sulfide) groups is 1. The molecule has 22 atom stereocenters. The number of hydrogen-bond acceptors (Lipinski definition) is 32. The first-order chi connectivity index (χ1) is 52.1. The maximum atomic E-state index is 14.6. The number of carbonyl (C=O) groups is 3. The molecule has 8 N–H and O–H groups in total. The number of halogens is 1. The number of allylic oxidation sites excluding steroid dienone is 2. The number of Topliss-reactive ketones (excluding diaryl/α,β-unsaturated/α-hetero) is 2. The van der Waals surface area contributed by atoms with Gasteiger partial charge >= 0.3 is 0 Å². The molecular formula is C76H116IN3O26S3. The van der Waals surface area contributed by atoms with Crippen LogP contribution in [0.1, 0.15) is 110 Å². The Bertz CT molecular complexity index is 3290. The molecule has 1 aromatic carbocycles. The fourth-order valence-corrected chi connectivity index (χ4v) is 18.7. The summed E-state index contributed by atoms with van der Waals surface area (Å²) in [5, 5.41) is 58.4. The highest BCUT2D eigenvalue weighted by Crippen LogP contribution is 2.70. The van der Waals surface area contributed by atoms with Crippen molar-refractivity contribution in [1.82, 2.24) is 10.4 Å². The van der Waals surface area contributed by atoms with Gasteiger partial charge in [-0.15, -0.1) is 0 Å². The molecule has 1 aromatic rings. The molecule has 0 amide bonds. The first kappa shape index (κ1) is 91.6. The number of nitrogens with two attached hydrogens (primary N) is 1. The predicted octanol–water partition coefficient (Wildman–Crippen LogP) is 4.87. The number of ether oxygens (including phenoxy) is 17. The summed E-state index contributed by atoms with van der Waals surface area (Å²) in [6.07, 6.45) is -12.7. The molecule has 3 unspecified atom stereocenters. The Hall–Kier alpha value is -2.91. The number of hydroxylamine groups is 1. The molecule has 109 heavy (non-hydrogen) atoms. The summed E-state index contributed by atoms with van der Waals surface area (Å²) < 4.78 is 103. The summed E-state index contributed by atoms with van der Waals surface area (Å²) in [6.45, 7) is 25.8. The van der Waals surface area contributed by atoms with E-state index in [0.29, 0.717) is 131 Å². The van der Waals surface area contributed by atoms with Gasteiger partial charge in [-0.05, 0) is 94.3 Å². The monoisotopic (exact) mass is 1710 g/mol. The normalized spacial score (nSPS) is 34.0. The summed E-state index contributed by atoms with van der Waals surface area (Å²) >= 11 is 2.85. The molecule has 616 valence electrons. The van der Waals surface area contributed by atoms with E-state index in [1.165, 1.54) is 28.3 Å². The number of benzene rings is 1. The Balaban J connectivity index is 0.952. The van der Waals surface area contributed by atoms with Gasteiger partial charge in [-0.1, -0.05) is 90.8 Å². The van der Waals surface area contributed by atoms with E-state index >= 15 is 0 Å². The summed E-state index contributed by atoms with van der Waals surface area (Å²) in [6, 6.07) is -1.28. The molecular weight excluding hydrogens is 1590 g/mol. The first-order valence-electron chi connectivity index (χ1n) is 37.4. The molecule has 3 aliphatic carbocycles. The topological polar surface area (TPSA) is 360 Å². The number of carbonyl (C=O) groups excluding carboxylic acids is 3. The van der Waals surface area contributed by atoms with E-state index in [0.717, 1.165) is 11.8 Å². The predicted molar refractivity (Wildman–Crippen MR) is 415 cm³/mol. The van der Waals surface area contributed by atoms with Gasteiger partial charge in [0, 0.05) is 87.5 Å². The fourth-order valence-electron chi connectivity index (χ4n) is 14.8. The van der Waals surface area contributed by atoms with Gasteiger partial charge in [-0.2, -0.15) is 5.48 Å². The second-order valence-electron chi connectivity index (χ2n) is 28.9. The van der Waals surface area contributed by atoms with Crippen molar-refractivity contribution in [2.24, 2.45) is 23.0 Å². The maximum Gasteiger partial charge on any atom is 0.229 e. The molecule has 0 bridgehead atoms. The van der Waals surface area contributed by atoms with E-state index in [4.69, 9.17) is 91.1 Å². The van der Waals surface area contributed by atoms with Crippen molar-refractivity contribution in [3.8, 4) is 40.9 Å². The van der Waals surface area contributed by atoms with Gasteiger partial charge in [0.1, 0.15) is 53.8 Å². The number of aliphatic hydroxyl groups excluding tert-OH is 4. The van der Waals surface area contributed by atoms with E-state index in [9.17, 15) is 39.9 Å². The molecule has 4 heterocycles. The third-order valence-electron chi connectivity index (χ3n) is 20.2. The number of nitrogens with one attached hydrogen (secondary N) is 1. The van der Waals surface area contributed by atoms with Crippen LogP contribution in [0.5, 0.6) is 17.2 Å². The van der Waals surface area contributed by atoms with Gasteiger partial charge in [0.05, 0.1) is 156 Å². The van der Waals surface area contributed by atoms with Crippen LogP contribution in [0.2, 0.25) is 0 Å². The summed E-state index contributed by atoms with van der Waals surface area (Å²) in [4.78, 5) is 50.7. The first-order valence-corrected chi connectivity index (χ1v) is 41.7. The zero-order valence-electron chi connectivity index (χ0n) is 65.2. The van der Waals surface area contributed by atoms with Crippen LogP contribution in [0.25, 0.3) is 0 Å². The number of ketones is 2. The van der Waals surface area contributed by atoms with Crippen molar-refractivity contribution in [2.75, 3.05) is 140 Å². The second-order valence-corrected chi connectivity index (χ2v) is 34.3. The largest absolute Gasteiger partial charge is 0.492 e. The van der Waals surface area contributed by atoms with Crippen LogP contribution in [-0.2, 0) is 80.7 Å². The minimum Gasteiger partial charge on any atom is -0.492 e. The lowest BCUT2D eigenvalue weighted by molar-refractivity contribution is -0.344. The lowest BCUT2D eigenvalue weighted by Gasteiger charge is -2.60. The van der Waals surface area contributed by atoms with Gasteiger partial charge in [0.15, 0.2) is 30.4 Å². The molecule has 4 aliphatic heterocycles. The quantitative estimate of drug-likeness (QED) is 0.0114. The SMILES string of the molecule is CCN(CCCOCCOCCOCCOCCOCCOCCN)[C@H]1CO[C@@H](O[C@H]2[C@H](O[C@H]3C#C/C=C(/C)C#CC45C(CC(C)=O)C(=O)C[C@]4(O)/C(=C/CSSC(C)(C)C)C35)O[C@H](C)[C@@H](NO[C@H]3C[C@H](O)[C@H](SC(=O)c4c(C)c(I)c(O[C@@H]5O[C@@H](C)[C@H](O)[C@@H](OC)[C@H]5O)c(OC)c4OC)[C@@H](C)O3)[C@@H]2O)C[C@@H]1OC. The van der Waals surface area contributed by atoms with Gasteiger partial charge in [-0.3, -0.25) is 19.3 Å². The van der Waals surface area contributed by atoms with Gasteiger partial charge < -0.3 is 117 Å². The summed E-state index contributed by atoms with van der Waals surface area (Å²) in [5.74, 6) is 11.2. The van der Waals surface area contributed by atoms with E-state index in [1.807, 2.05) is 28.7 Å². The molecule has 29 nitrogen and oxygen atoms in total. The van der Waals surface area contributed by atoms with Crippen LogP contribution in [0, 0.1) is 51.4 Å². The summed E-state index contributed by atoms with van der Waals surface area (Å²) in [5.41, 5.74) is 6.76. The van der Waals surface area contributed by atoms with Crippen molar-refractivity contribution >= 4 is 72.6 Å². The zero-order valence-corrected chi connectivity index (χ0v) is 69.8. The summed E-state index contributed by atoms with van der Waals surface area (Å²) in [7, 11) is 9.00. The maximum absolute atomic E-state index is 14.6. The average Bonchev–Trinajstić information content (AvgIpc) is 1.52. The fraction of sp³-hybridized carbons (Fsp3) is 0.776. The lowest BCUT2D eigenvalue weighted by Crippen LogP contribution is -2.69. The molecule has 6 fully saturated rings. The van der Waals surface area contributed by atoms with Crippen molar-refractivity contribution in [2.45, 2.75) is 221 Å². The lowest BCUT2D eigenvalue weighted by atomic mass is 9.44. The molecule has 33 heteroatoms. The third kappa shape index (κ3) is 23.3. The van der Waals surface area contributed by atoms with E-state index < -0.39 is 132 Å². The van der Waals surface area contributed by atoms with E-state index in [2.05, 4.69) is 61.8 Å². The Morgan fingerprint density at radius 1 is 0.789 bits per heavy atom. The molecule has 8 rings (SSSR count).